The predicted molar refractivity (Wildman–Crippen MR) is 60.8 cm³/mol. The molecular formula is C10H15ClN2O. The smallest absolute Gasteiger partial charge is 0.0660 e. The first kappa shape index (κ1) is 11.1. The SMILES string of the molecule is CC(CO)N(C)c1ccc(N)cc1Cl. The maximum Gasteiger partial charge on any atom is 0.0660 e. The molecule has 0 amide bonds. The van der Waals surface area contributed by atoms with E-state index in [4.69, 9.17) is 22.4 Å². The Kier molecular flexibility index (Phi) is 3.61. The molecule has 0 saturated carbocycles. The van der Waals surface area contributed by atoms with Gasteiger partial charge in [0, 0.05) is 18.8 Å². The second kappa shape index (κ2) is 4.53. The van der Waals surface area contributed by atoms with Crippen molar-refractivity contribution in [3.05, 3.63) is 23.2 Å². The number of benzene rings is 1. The quantitative estimate of drug-likeness (QED) is 0.754. The van der Waals surface area contributed by atoms with Gasteiger partial charge in [-0.1, -0.05) is 11.6 Å². The van der Waals surface area contributed by atoms with Crippen molar-refractivity contribution >= 4 is 23.0 Å². The fraction of sp³-hybridized carbons (Fsp3) is 0.400. The first-order valence-electron chi connectivity index (χ1n) is 4.45. The summed E-state index contributed by atoms with van der Waals surface area (Å²) in [6, 6.07) is 5.39. The number of aliphatic hydroxyl groups excluding tert-OH is 1. The highest BCUT2D eigenvalue weighted by atomic mass is 35.5. The minimum absolute atomic E-state index is 0.0381. The second-order valence-corrected chi connectivity index (χ2v) is 3.76. The highest BCUT2D eigenvalue weighted by Crippen LogP contribution is 2.27. The lowest BCUT2D eigenvalue weighted by molar-refractivity contribution is 0.270. The summed E-state index contributed by atoms with van der Waals surface area (Å²) >= 11 is 6.02. The Bertz CT molecular complexity index is 317. The molecule has 1 aromatic rings. The van der Waals surface area contributed by atoms with Crippen molar-refractivity contribution in [3.63, 3.8) is 0 Å². The molecule has 14 heavy (non-hydrogen) atoms. The standard InChI is InChI=1S/C10H15ClN2O/c1-7(6-14)13(2)10-4-3-8(12)5-9(10)11/h3-5,7,14H,6,12H2,1-2H3. The Balaban J connectivity index is 2.95. The number of anilines is 2. The van der Waals surface area contributed by atoms with Crippen LogP contribution in [0.1, 0.15) is 6.92 Å². The first-order valence-corrected chi connectivity index (χ1v) is 4.82. The third-order valence-corrected chi connectivity index (χ3v) is 2.58. The van der Waals surface area contributed by atoms with Gasteiger partial charge in [-0.2, -0.15) is 0 Å². The lowest BCUT2D eigenvalue weighted by Crippen LogP contribution is -2.31. The molecule has 78 valence electrons. The summed E-state index contributed by atoms with van der Waals surface area (Å²) in [7, 11) is 1.89. The number of hydrogen-bond acceptors (Lipinski definition) is 3. The van der Waals surface area contributed by atoms with E-state index in [1.807, 2.05) is 24.9 Å². The molecule has 3 N–H and O–H groups in total. The zero-order valence-electron chi connectivity index (χ0n) is 8.37. The fourth-order valence-electron chi connectivity index (χ4n) is 1.17. The minimum atomic E-state index is 0.0381. The van der Waals surface area contributed by atoms with Gasteiger partial charge in [-0.3, -0.25) is 0 Å². The summed E-state index contributed by atoms with van der Waals surface area (Å²) in [5.74, 6) is 0. The van der Waals surface area contributed by atoms with Crippen molar-refractivity contribution < 1.29 is 5.11 Å². The molecule has 0 aromatic heterocycles. The average Bonchev–Trinajstić information content (AvgIpc) is 2.15. The lowest BCUT2D eigenvalue weighted by atomic mass is 10.2. The van der Waals surface area contributed by atoms with Crippen LogP contribution in [-0.2, 0) is 0 Å². The summed E-state index contributed by atoms with van der Waals surface area (Å²) in [5.41, 5.74) is 7.10. The summed E-state index contributed by atoms with van der Waals surface area (Å²) < 4.78 is 0. The van der Waals surface area contributed by atoms with Gasteiger partial charge in [-0.05, 0) is 25.1 Å². The van der Waals surface area contributed by atoms with Crippen LogP contribution in [0.25, 0.3) is 0 Å². The number of hydrogen-bond donors (Lipinski definition) is 2. The Morgan fingerprint density at radius 1 is 1.57 bits per heavy atom. The van der Waals surface area contributed by atoms with Gasteiger partial charge in [0.15, 0.2) is 0 Å². The second-order valence-electron chi connectivity index (χ2n) is 3.35. The van der Waals surface area contributed by atoms with Crippen LogP contribution in [0.15, 0.2) is 18.2 Å². The minimum Gasteiger partial charge on any atom is -0.399 e. The summed E-state index contributed by atoms with van der Waals surface area (Å²) in [6.45, 7) is 2.02. The Morgan fingerprint density at radius 3 is 2.71 bits per heavy atom. The number of likely N-dealkylation sites (N-methyl/N-ethyl adjacent to an activating group) is 1. The van der Waals surface area contributed by atoms with E-state index in [2.05, 4.69) is 0 Å². The van der Waals surface area contributed by atoms with E-state index in [0.29, 0.717) is 10.7 Å². The summed E-state index contributed by atoms with van der Waals surface area (Å²) in [4.78, 5) is 1.92. The highest BCUT2D eigenvalue weighted by Gasteiger charge is 2.11. The van der Waals surface area contributed by atoms with E-state index in [1.54, 1.807) is 12.1 Å². The van der Waals surface area contributed by atoms with Gasteiger partial charge in [0.05, 0.1) is 17.3 Å². The zero-order valence-corrected chi connectivity index (χ0v) is 9.12. The van der Waals surface area contributed by atoms with Crippen molar-refractivity contribution in [1.29, 1.82) is 0 Å². The zero-order chi connectivity index (χ0) is 10.7. The van der Waals surface area contributed by atoms with Crippen LogP contribution < -0.4 is 10.6 Å². The molecule has 0 fully saturated rings. The van der Waals surface area contributed by atoms with E-state index in [9.17, 15) is 0 Å². The molecule has 0 aliphatic rings. The van der Waals surface area contributed by atoms with Crippen molar-refractivity contribution in [2.45, 2.75) is 13.0 Å². The molecular weight excluding hydrogens is 200 g/mol. The van der Waals surface area contributed by atoms with Crippen molar-refractivity contribution in [2.24, 2.45) is 0 Å². The number of rotatable bonds is 3. The molecule has 1 atom stereocenters. The van der Waals surface area contributed by atoms with Gasteiger partial charge >= 0.3 is 0 Å². The van der Waals surface area contributed by atoms with Crippen molar-refractivity contribution in [3.8, 4) is 0 Å². The average molecular weight is 215 g/mol. The van der Waals surface area contributed by atoms with Crippen LogP contribution >= 0.6 is 11.6 Å². The maximum absolute atomic E-state index is 9.00. The van der Waals surface area contributed by atoms with Gasteiger partial charge in [-0.15, -0.1) is 0 Å². The van der Waals surface area contributed by atoms with Crippen LogP contribution in [0.4, 0.5) is 11.4 Å². The van der Waals surface area contributed by atoms with Crippen LogP contribution in [-0.4, -0.2) is 24.8 Å². The molecule has 1 rings (SSSR count). The number of aliphatic hydroxyl groups is 1. The van der Waals surface area contributed by atoms with Crippen LogP contribution in [0.3, 0.4) is 0 Å². The number of nitrogen functional groups attached to an aromatic ring is 1. The third-order valence-electron chi connectivity index (χ3n) is 2.28. The Labute approximate surface area is 89.1 Å². The van der Waals surface area contributed by atoms with Gasteiger partial charge in [0.25, 0.3) is 0 Å². The fourth-order valence-corrected chi connectivity index (χ4v) is 1.49. The van der Waals surface area contributed by atoms with Crippen molar-refractivity contribution in [2.75, 3.05) is 24.3 Å². The van der Waals surface area contributed by atoms with Gasteiger partial charge in [0.2, 0.25) is 0 Å². The molecule has 3 nitrogen and oxygen atoms in total. The third kappa shape index (κ3) is 2.30. The Morgan fingerprint density at radius 2 is 2.21 bits per heavy atom. The normalized spacial score (nSPS) is 12.6. The van der Waals surface area contributed by atoms with E-state index in [0.717, 1.165) is 5.69 Å². The molecule has 0 radical (unpaired) electrons. The molecule has 0 saturated heterocycles. The molecule has 4 heteroatoms. The van der Waals surface area contributed by atoms with Gasteiger partial charge < -0.3 is 15.7 Å². The monoisotopic (exact) mass is 214 g/mol. The number of nitrogens with zero attached hydrogens (tertiary/aromatic N) is 1. The summed E-state index contributed by atoms with van der Waals surface area (Å²) in [5, 5.41) is 9.61. The van der Waals surface area contributed by atoms with Crippen LogP contribution in [0.2, 0.25) is 5.02 Å². The van der Waals surface area contributed by atoms with E-state index >= 15 is 0 Å². The van der Waals surface area contributed by atoms with E-state index in [1.165, 1.54) is 0 Å². The van der Waals surface area contributed by atoms with Gasteiger partial charge in [0.1, 0.15) is 0 Å². The molecule has 1 aromatic carbocycles. The van der Waals surface area contributed by atoms with E-state index in [-0.39, 0.29) is 12.6 Å². The molecule has 0 bridgehead atoms. The Hall–Kier alpha value is -0.930. The van der Waals surface area contributed by atoms with E-state index < -0.39 is 0 Å². The first-order chi connectivity index (χ1) is 6.56. The largest absolute Gasteiger partial charge is 0.399 e. The van der Waals surface area contributed by atoms with Crippen LogP contribution in [0.5, 0.6) is 0 Å². The highest BCUT2D eigenvalue weighted by molar-refractivity contribution is 6.33. The number of nitrogens with two attached hydrogens (primary N) is 1. The molecule has 0 aliphatic heterocycles. The lowest BCUT2D eigenvalue weighted by Gasteiger charge is -2.26. The topological polar surface area (TPSA) is 49.5 Å². The molecule has 0 spiro atoms. The maximum atomic E-state index is 9.00. The molecule has 0 heterocycles. The number of halogens is 1. The molecule has 1 unspecified atom stereocenters. The predicted octanol–water partition coefficient (Wildman–Crippen LogP) is 1.74. The van der Waals surface area contributed by atoms with Crippen molar-refractivity contribution in [1.82, 2.24) is 0 Å². The van der Waals surface area contributed by atoms with Gasteiger partial charge in [-0.25, -0.2) is 0 Å². The molecule has 0 aliphatic carbocycles. The van der Waals surface area contributed by atoms with Crippen LogP contribution in [0, 0.1) is 0 Å². The summed E-state index contributed by atoms with van der Waals surface area (Å²) in [6.07, 6.45) is 0.